The van der Waals surface area contributed by atoms with E-state index in [1.807, 2.05) is 0 Å². The van der Waals surface area contributed by atoms with E-state index >= 15 is 0 Å². The fourth-order valence-corrected chi connectivity index (χ4v) is 1.90. The minimum absolute atomic E-state index is 0.340. The molecule has 76 valence electrons. The predicted molar refractivity (Wildman–Crippen MR) is 47.8 cm³/mol. The molecule has 1 rings (SSSR count). The van der Waals surface area contributed by atoms with E-state index in [0.29, 0.717) is 19.1 Å². The van der Waals surface area contributed by atoms with Gasteiger partial charge < -0.3 is 10.6 Å². The third kappa shape index (κ3) is 1.72. The smallest absolute Gasteiger partial charge is 0.324 e. The molecule has 1 N–H and O–H groups in total. The topological polar surface area (TPSA) is 90.8 Å². The van der Waals surface area contributed by atoms with Gasteiger partial charge in [-0.3, -0.25) is 9.59 Å². The molecule has 0 unspecified atom stereocenters. The summed E-state index contributed by atoms with van der Waals surface area (Å²) in [5, 5.41) is 9.02. The van der Waals surface area contributed by atoms with Crippen molar-refractivity contribution in [2.45, 2.75) is 32.1 Å². The second kappa shape index (κ2) is 4.15. The van der Waals surface area contributed by atoms with Crippen LogP contribution in [-0.4, -0.2) is 27.9 Å². The van der Waals surface area contributed by atoms with E-state index in [9.17, 15) is 9.59 Å². The van der Waals surface area contributed by atoms with Crippen LogP contribution in [0.15, 0.2) is 0 Å². The number of ketones is 1. The molecule has 5 heteroatoms. The largest absolute Gasteiger partial charge is 0.480 e. The maximum atomic E-state index is 11.5. The molecule has 0 amide bonds. The van der Waals surface area contributed by atoms with Gasteiger partial charge in [-0.15, -0.1) is 0 Å². The SMILES string of the molecule is [N-]=[N+]=CC(=O)C1(C(=O)O)CCCCC1. The van der Waals surface area contributed by atoms with E-state index in [-0.39, 0.29) is 0 Å². The van der Waals surface area contributed by atoms with Gasteiger partial charge in [0.2, 0.25) is 0 Å². The van der Waals surface area contributed by atoms with Crippen LogP contribution in [0.4, 0.5) is 0 Å². The van der Waals surface area contributed by atoms with Gasteiger partial charge in [-0.05, 0) is 12.8 Å². The Balaban J connectivity index is 2.96. The molecule has 0 bridgehead atoms. The first kappa shape index (κ1) is 10.6. The Hall–Kier alpha value is -1.48. The van der Waals surface area contributed by atoms with Crippen molar-refractivity contribution in [3.8, 4) is 0 Å². The zero-order valence-corrected chi connectivity index (χ0v) is 7.77. The Labute approximate surface area is 81.4 Å². The van der Waals surface area contributed by atoms with Crippen molar-refractivity contribution >= 4 is 18.0 Å². The quantitative estimate of drug-likeness (QED) is 0.314. The second-order valence-corrected chi connectivity index (χ2v) is 3.56. The number of aliphatic carboxylic acids is 1. The molecule has 0 aliphatic heterocycles. The second-order valence-electron chi connectivity index (χ2n) is 3.56. The number of rotatable bonds is 3. The van der Waals surface area contributed by atoms with Crippen molar-refractivity contribution in [3.05, 3.63) is 5.53 Å². The van der Waals surface area contributed by atoms with E-state index in [0.717, 1.165) is 19.3 Å². The van der Waals surface area contributed by atoms with Crippen molar-refractivity contribution in [1.82, 2.24) is 0 Å². The van der Waals surface area contributed by atoms with Gasteiger partial charge in [0.1, 0.15) is 5.41 Å². The summed E-state index contributed by atoms with van der Waals surface area (Å²) in [6.07, 6.45) is 3.80. The number of carboxylic acid groups (broad SMARTS) is 1. The van der Waals surface area contributed by atoms with E-state index in [4.69, 9.17) is 10.6 Å². The average Bonchev–Trinajstić information content (AvgIpc) is 2.19. The van der Waals surface area contributed by atoms with Gasteiger partial charge in [0, 0.05) is 0 Å². The summed E-state index contributed by atoms with van der Waals surface area (Å²) in [6.45, 7) is 0. The molecule has 5 nitrogen and oxygen atoms in total. The first-order chi connectivity index (χ1) is 6.63. The summed E-state index contributed by atoms with van der Waals surface area (Å²) in [7, 11) is 0. The van der Waals surface area contributed by atoms with Gasteiger partial charge in [0.25, 0.3) is 5.78 Å². The molecule has 0 heterocycles. The Morgan fingerprint density at radius 1 is 1.29 bits per heavy atom. The fourth-order valence-electron chi connectivity index (χ4n) is 1.90. The molecule has 0 spiro atoms. The summed E-state index contributed by atoms with van der Waals surface area (Å²) in [6, 6.07) is 0. The summed E-state index contributed by atoms with van der Waals surface area (Å²) >= 11 is 0. The number of hydrogen-bond donors (Lipinski definition) is 1. The molecule has 1 aliphatic rings. The van der Waals surface area contributed by atoms with Crippen LogP contribution in [0, 0.1) is 5.41 Å². The van der Waals surface area contributed by atoms with E-state index in [1.165, 1.54) is 0 Å². The Morgan fingerprint density at radius 3 is 2.29 bits per heavy atom. The monoisotopic (exact) mass is 196 g/mol. The maximum absolute atomic E-state index is 11.5. The summed E-state index contributed by atoms with van der Waals surface area (Å²) in [4.78, 5) is 25.1. The molecule has 1 aliphatic carbocycles. The van der Waals surface area contributed by atoms with Crippen molar-refractivity contribution in [3.63, 3.8) is 0 Å². The van der Waals surface area contributed by atoms with Crippen molar-refractivity contribution in [2.75, 3.05) is 0 Å². The zero-order valence-electron chi connectivity index (χ0n) is 7.77. The van der Waals surface area contributed by atoms with Crippen LogP contribution in [-0.2, 0) is 9.59 Å². The number of carbonyl (C=O) groups is 2. The van der Waals surface area contributed by atoms with Crippen LogP contribution < -0.4 is 0 Å². The molecular weight excluding hydrogens is 184 g/mol. The molecule has 1 saturated carbocycles. The van der Waals surface area contributed by atoms with Crippen LogP contribution >= 0.6 is 0 Å². The van der Waals surface area contributed by atoms with Crippen LogP contribution in [0.1, 0.15) is 32.1 Å². The van der Waals surface area contributed by atoms with Crippen LogP contribution in [0.2, 0.25) is 0 Å². The van der Waals surface area contributed by atoms with Gasteiger partial charge in [0.05, 0.1) is 0 Å². The lowest BCUT2D eigenvalue weighted by atomic mass is 9.71. The minimum Gasteiger partial charge on any atom is -0.480 e. The molecule has 0 radical (unpaired) electrons. The Bertz CT molecular complexity index is 299. The van der Waals surface area contributed by atoms with Crippen LogP contribution in [0.3, 0.4) is 0 Å². The maximum Gasteiger partial charge on any atom is 0.324 e. The first-order valence-electron chi connectivity index (χ1n) is 4.59. The lowest BCUT2D eigenvalue weighted by Crippen LogP contribution is -2.41. The number of hydrogen-bond acceptors (Lipinski definition) is 2. The minimum atomic E-state index is -1.34. The van der Waals surface area contributed by atoms with E-state index < -0.39 is 17.2 Å². The Morgan fingerprint density at radius 2 is 1.86 bits per heavy atom. The third-order valence-electron chi connectivity index (χ3n) is 2.76. The lowest BCUT2D eigenvalue weighted by Gasteiger charge is -2.28. The van der Waals surface area contributed by atoms with Gasteiger partial charge in [-0.2, -0.15) is 4.79 Å². The number of carboxylic acids is 1. The van der Waals surface area contributed by atoms with E-state index in [2.05, 4.69) is 4.79 Å². The molecule has 0 aromatic carbocycles. The standard InChI is InChI=1S/C9H12N2O3/c10-11-6-7(12)9(8(13)14)4-2-1-3-5-9/h6H,1-5H2,(H,13,14). The molecule has 0 aromatic heterocycles. The highest BCUT2D eigenvalue weighted by Gasteiger charge is 2.47. The highest BCUT2D eigenvalue weighted by Crippen LogP contribution is 2.36. The van der Waals surface area contributed by atoms with Gasteiger partial charge in [0.15, 0.2) is 0 Å². The zero-order chi connectivity index (χ0) is 10.6. The van der Waals surface area contributed by atoms with Crippen molar-refractivity contribution in [1.29, 1.82) is 0 Å². The summed E-state index contributed by atoms with van der Waals surface area (Å²) in [5.41, 5.74) is 6.88. The first-order valence-corrected chi connectivity index (χ1v) is 4.59. The molecule has 14 heavy (non-hydrogen) atoms. The summed E-state index contributed by atoms with van der Waals surface area (Å²) < 4.78 is 0. The van der Waals surface area contributed by atoms with Gasteiger partial charge >= 0.3 is 12.2 Å². The lowest BCUT2D eigenvalue weighted by molar-refractivity contribution is -0.155. The molecule has 0 aromatic rings. The van der Waals surface area contributed by atoms with Crippen LogP contribution in [0.25, 0.3) is 5.53 Å². The average molecular weight is 196 g/mol. The number of nitrogens with zero attached hydrogens (tertiary/aromatic N) is 2. The summed E-state index contributed by atoms with van der Waals surface area (Å²) in [5.74, 6) is -1.71. The predicted octanol–water partition coefficient (Wildman–Crippen LogP) is 0.891. The fraction of sp³-hybridized carbons (Fsp3) is 0.667. The number of carbonyl (C=O) groups excluding carboxylic acids is 1. The Kier molecular flexibility index (Phi) is 3.14. The molecule has 0 atom stereocenters. The van der Waals surface area contributed by atoms with Gasteiger partial charge in [-0.25, -0.2) is 0 Å². The molecule has 0 saturated heterocycles. The third-order valence-corrected chi connectivity index (χ3v) is 2.76. The number of Topliss-reactive ketones (excluding diaryl/α,β-unsaturated/α-hetero) is 1. The van der Waals surface area contributed by atoms with Crippen molar-refractivity contribution < 1.29 is 19.5 Å². The molecule has 1 fully saturated rings. The van der Waals surface area contributed by atoms with Gasteiger partial charge in [-0.1, -0.05) is 19.3 Å². The molecular formula is C9H12N2O3. The van der Waals surface area contributed by atoms with Crippen LogP contribution in [0.5, 0.6) is 0 Å². The van der Waals surface area contributed by atoms with E-state index in [1.54, 1.807) is 0 Å². The highest BCUT2D eigenvalue weighted by atomic mass is 16.4. The van der Waals surface area contributed by atoms with Crippen molar-refractivity contribution in [2.24, 2.45) is 5.41 Å². The normalized spacial score (nSPS) is 19.4. The highest BCUT2D eigenvalue weighted by molar-refractivity contribution is 6.32.